The molecule has 5 nitrogen and oxygen atoms in total. The highest BCUT2D eigenvalue weighted by atomic mass is 127. The van der Waals surface area contributed by atoms with Crippen molar-refractivity contribution < 1.29 is 0 Å². The molecule has 7 heteroatoms. The first-order chi connectivity index (χ1) is 11.0. The van der Waals surface area contributed by atoms with E-state index in [0.29, 0.717) is 6.54 Å². The van der Waals surface area contributed by atoms with E-state index in [0.717, 1.165) is 18.2 Å². The van der Waals surface area contributed by atoms with Crippen LogP contribution in [-0.2, 0) is 6.54 Å². The lowest BCUT2D eigenvalue weighted by atomic mass is 10.2. The zero-order valence-corrected chi connectivity index (χ0v) is 17.8. The number of hydrogen-bond acceptors (Lipinski definition) is 3. The Morgan fingerprint density at radius 1 is 1.29 bits per heavy atom. The van der Waals surface area contributed by atoms with Crippen LogP contribution in [0.25, 0.3) is 5.69 Å². The molecule has 0 amide bonds. The molecule has 2 N–H and O–H groups in total. The van der Waals surface area contributed by atoms with E-state index in [1.807, 2.05) is 40.8 Å². The number of nitrogens with one attached hydrogen (secondary N) is 2. The Morgan fingerprint density at radius 2 is 2.08 bits per heavy atom. The first-order valence-corrected chi connectivity index (χ1v) is 8.85. The van der Waals surface area contributed by atoms with Crippen molar-refractivity contribution in [1.29, 1.82) is 0 Å². The highest BCUT2D eigenvalue weighted by molar-refractivity contribution is 14.0. The maximum absolute atomic E-state index is 4.28. The minimum absolute atomic E-state index is 0. The predicted molar refractivity (Wildman–Crippen MR) is 115 cm³/mol. The summed E-state index contributed by atoms with van der Waals surface area (Å²) >= 11 is 1.84. The van der Waals surface area contributed by atoms with Gasteiger partial charge in [-0.05, 0) is 43.9 Å². The van der Waals surface area contributed by atoms with Crippen LogP contribution in [0, 0.1) is 0 Å². The van der Waals surface area contributed by atoms with Crippen LogP contribution in [0.2, 0.25) is 0 Å². The van der Waals surface area contributed by atoms with E-state index >= 15 is 0 Å². The van der Waals surface area contributed by atoms with Gasteiger partial charge in [-0.15, -0.1) is 24.0 Å². The molecule has 0 unspecified atom stereocenters. The molecule has 0 spiro atoms. The van der Waals surface area contributed by atoms with Crippen molar-refractivity contribution in [3.63, 3.8) is 0 Å². The number of benzene rings is 1. The normalized spacial score (nSPS) is 11.8. The Balaban J connectivity index is 0.00000288. The topological polar surface area (TPSA) is 54.2 Å². The molecule has 0 aliphatic carbocycles. The number of nitrogens with zero attached hydrogens (tertiary/aromatic N) is 3. The monoisotopic (exact) mass is 459 g/mol. The zero-order chi connectivity index (χ0) is 16.7. The summed E-state index contributed by atoms with van der Waals surface area (Å²) in [6, 6.07) is 10.2. The zero-order valence-electron chi connectivity index (χ0n) is 14.6. The fourth-order valence-electron chi connectivity index (χ4n) is 2.01. The third-order valence-corrected chi connectivity index (χ3v) is 4.85. The van der Waals surface area contributed by atoms with Crippen LogP contribution < -0.4 is 10.6 Å². The molecule has 0 saturated carbocycles. The molecular weight excluding hydrogens is 433 g/mol. The standard InChI is InChI=1S/C17H25N5S.HI/c1-17(2,23-4)13-20-16(18-3)19-12-14-7-5-8-15(11-14)22-10-6-9-21-22;/h5-11H,12-13H2,1-4H3,(H2,18,19,20);1H. The average Bonchev–Trinajstić information content (AvgIpc) is 3.10. The Labute approximate surface area is 165 Å². The third-order valence-electron chi connectivity index (χ3n) is 3.60. The number of guanidine groups is 1. The van der Waals surface area contributed by atoms with Gasteiger partial charge >= 0.3 is 0 Å². The molecule has 0 radical (unpaired) electrons. The SMILES string of the molecule is CN=C(NCc1cccc(-n2cccn2)c1)NCC(C)(C)SC.I. The van der Waals surface area contributed by atoms with Gasteiger partial charge in [-0.1, -0.05) is 12.1 Å². The molecule has 0 aliphatic rings. The van der Waals surface area contributed by atoms with Crippen LogP contribution in [0.4, 0.5) is 0 Å². The quantitative estimate of drug-likeness (QED) is 0.396. The van der Waals surface area contributed by atoms with Gasteiger partial charge in [-0.25, -0.2) is 4.68 Å². The van der Waals surface area contributed by atoms with Gasteiger partial charge in [0, 0.05) is 37.3 Å². The summed E-state index contributed by atoms with van der Waals surface area (Å²) in [5.41, 5.74) is 2.24. The minimum atomic E-state index is 0. The molecule has 2 rings (SSSR count). The van der Waals surface area contributed by atoms with E-state index in [1.165, 1.54) is 5.56 Å². The molecule has 2 aromatic rings. The van der Waals surface area contributed by atoms with Crippen LogP contribution in [0.1, 0.15) is 19.4 Å². The van der Waals surface area contributed by atoms with Gasteiger partial charge in [-0.3, -0.25) is 4.99 Å². The Hall–Kier alpha value is -1.22. The minimum Gasteiger partial charge on any atom is -0.355 e. The first-order valence-electron chi connectivity index (χ1n) is 7.63. The van der Waals surface area contributed by atoms with E-state index in [1.54, 1.807) is 13.2 Å². The lowest BCUT2D eigenvalue weighted by Gasteiger charge is -2.23. The van der Waals surface area contributed by atoms with E-state index in [2.05, 4.69) is 53.0 Å². The van der Waals surface area contributed by atoms with Gasteiger partial charge in [0.05, 0.1) is 5.69 Å². The first kappa shape index (κ1) is 20.8. The van der Waals surface area contributed by atoms with Crippen LogP contribution >= 0.6 is 35.7 Å². The number of rotatable bonds is 6. The van der Waals surface area contributed by atoms with E-state index in [4.69, 9.17) is 0 Å². The van der Waals surface area contributed by atoms with Gasteiger partial charge < -0.3 is 10.6 Å². The predicted octanol–water partition coefficient (Wildman–Crippen LogP) is 3.30. The molecule has 0 fully saturated rings. The number of hydrogen-bond donors (Lipinski definition) is 2. The molecule has 0 atom stereocenters. The van der Waals surface area contributed by atoms with Crippen molar-refractivity contribution in [2.45, 2.75) is 25.1 Å². The fraction of sp³-hybridized carbons (Fsp3) is 0.412. The van der Waals surface area contributed by atoms with Crippen molar-refractivity contribution in [3.05, 3.63) is 48.3 Å². The highest BCUT2D eigenvalue weighted by Crippen LogP contribution is 2.19. The summed E-state index contributed by atoms with van der Waals surface area (Å²) in [5.74, 6) is 0.816. The fourth-order valence-corrected chi connectivity index (χ4v) is 2.22. The van der Waals surface area contributed by atoms with Gasteiger partial charge in [0.15, 0.2) is 5.96 Å². The third kappa shape index (κ3) is 6.35. The van der Waals surface area contributed by atoms with Gasteiger partial charge in [0.2, 0.25) is 0 Å². The lowest BCUT2D eigenvalue weighted by molar-refractivity contribution is 0.664. The molecule has 24 heavy (non-hydrogen) atoms. The average molecular weight is 459 g/mol. The second-order valence-electron chi connectivity index (χ2n) is 5.86. The molecule has 132 valence electrons. The second-order valence-corrected chi connectivity index (χ2v) is 7.38. The summed E-state index contributed by atoms with van der Waals surface area (Å²) in [4.78, 5) is 4.28. The maximum Gasteiger partial charge on any atom is 0.191 e. The molecule has 1 heterocycles. The van der Waals surface area contributed by atoms with Crippen molar-refractivity contribution in [1.82, 2.24) is 20.4 Å². The molecule has 0 saturated heterocycles. The van der Waals surface area contributed by atoms with Crippen molar-refractivity contribution >= 4 is 41.7 Å². The van der Waals surface area contributed by atoms with Gasteiger partial charge in [-0.2, -0.15) is 16.9 Å². The van der Waals surface area contributed by atoms with Crippen LogP contribution in [0.15, 0.2) is 47.7 Å². The second kappa shape index (κ2) is 9.93. The number of aliphatic imine (C=N–C) groups is 1. The van der Waals surface area contributed by atoms with E-state index in [9.17, 15) is 0 Å². The Bertz CT molecular complexity index is 640. The van der Waals surface area contributed by atoms with E-state index in [-0.39, 0.29) is 28.7 Å². The number of halogens is 1. The van der Waals surface area contributed by atoms with Crippen LogP contribution in [0.3, 0.4) is 0 Å². The Kier molecular flexibility index (Phi) is 8.61. The summed E-state index contributed by atoms with van der Waals surface area (Å²) in [7, 11) is 1.79. The van der Waals surface area contributed by atoms with E-state index < -0.39 is 0 Å². The summed E-state index contributed by atoms with van der Waals surface area (Å²) in [5, 5.41) is 11.0. The summed E-state index contributed by atoms with van der Waals surface area (Å²) < 4.78 is 2.04. The number of aromatic nitrogens is 2. The molecule has 1 aromatic heterocycles. The van der Waals surface area contributed by atoms with Gasteiger partial charge in [0.1, 0.15) is 0 Å². The summed E-state index contributed by atoms with van der Waals surface area (Å²) in [6.07, 6.45) is 5.85. The smallest absolute Gasteiger partial charge is 0.191 e. The summed E-state index contributed by atoms with van der Waals surface area (Å²) in [6.45, 7) is 6.01. The maximum atomic E-state index is 4.28. The highest BCUT2D eigenvalue weighted by Gasteiger charge is 2.16. The van der Waals surface area contributed by atoms with Crippen molar-refractivity contribution in [3.8, 4) is 5.69 Å². The lowest BCUT2D eigenvalue weighted by Crippen LogP contribution is -2.42. The van der Waals surface area contributed by atoms with Crippen molar-refractivity contribution in [2.24, 2.45) is 4.99 Å². The molecule has 1 aromatic carbocycles. The molecule has 0 bridgehead atoms. The Morgan fingerprint density at radius 3 is 2.71 bits per heavy atom. The number of thioether (sulfide) groups is 1. The molecule has 0 aliphatic heterocycles. The van der Waals surface area contributed by atoms with Crippen LogP contribution in [0.5, 0.6) is 0 Å². The molecular formula is C17H26IN5S. The van der Waals surface area contributed by atoms with Crippen LogP contribution in [-0.4, -0.2) is 40.3 Å². The van der Waals surface area contributed by atoms with Gasteiger partial charge in [0.25, 0.3) is 0 Å². The van der Waals surface area contributed by atoms with Crippen molar-refractivity contribution in [2.75, 3.05) is 19.8 Å². The largest absolute Gasteiger partial charge is 0.355 e.